The van der Waals surface area contributed by atoms with Gasteiger partial charge in [-0.25, -0.2) is 13.6 Å². The second-order valence-electron chi connectivity index (χ2n) is 8.41. The molecule has 0 saturated heterocycles. The van der Waals surface area contributed by atoms with E-state index < -0.39 is 35.2 Å². The van der Waals surface area contributed by atoms with E-state index in [1.165, 1.54) is 23.4 Å². The maximum atomic E-state index is 14.3. The predicted octanol–water partition coefficient (Wildman–Crippen LogP) is 4.64. The number of benzene rings is 1. The molecule has 3 rings (SSSR count). The van der Waals surface area contributed by atoms with Gasteiger partial charge < -0.3 is 9.84 Å². The van der Waals surface area contributed by atoms with Crippen molar-refractivity contribution in [3.05, 3.63) is 57.6 Å². The van der Waals surface area contributed by atoms with Crippen molar-refractivity contribution in [3.8, 4) is 0 Å². The molecule has 2 atom stereocenters. The van der Waals surface area contributed by atoms with Gasteiger partial charge in [-0.2, -0.15) is 0 Å². The van der Waals surface area contributed by atoms with E-state index in [2.05, 4.69) is 25.9 Å². The summed E-state index contributed by atoms with van der Waals surface area (Å²) in [4.78, 5) is 33.5. The van der Waals surface area contributed by atoms with Crippen molar-refractivity contribution >= 4 is 28.0 Å². The van der Waals surface area contributed by atoms with E-state index in [4.69, 9.17) is 9.84 Å². The van der Waals surface area contributed by atoms with Gasteiger partial charge in [-0.05, 0) is 49.2 Å². The molecule has 0 spiro atoms. The number of carboxylic acids is 1. The van der Waals surface area contributed by atoms with Crippen LogP contribution < -0.4 is 0 Å². The molecule has 0 aliphatic heterocycles. The fourth-order valence-electron chi connectivity index (χ4n) is 3.03. The molecule has 2 aromatic rings. The van der Waals surface area contributed by atoms with Crippen LogP contribution in [0.2, 0.25) is 0 Å². The molecule has 1 saturated carbocycles. The highest BCUT2D eigenvalue weighted by molar-refractivity contribution is 9.10. The third kappa shape index (κ3) is 5.96. The number of aromatic nitrogens is 2. The average molecular weight is 498 g/mol. The van der Waals surface area contributed by atoms with Gasteiger partial charge in [-0.1, -0.05) is 0 Å². The molecule has 0 radical (unpaired) electrons. The molecule has 1 aromatic heterocycles. The van der Waals surface area contributed by atoms with Crippen LogP contribution in [0.4, 0.5) is 13.6 Å². The number of carboxylic acid groups (broad SMARTS) is 1. The van der Waals surface area contributed by atoms with Crippen LogP contribution in [0.15, 0.2) is 29.0 Å². The predicted molar refractivity (Wildman–Crippen MR) is 110 cm³/mol. The van der Waals surface area contributed by atoms with Gasteiger partial charge in [0.05, 0.1) is 41.1 Å². The van der Waals surface area contributed by atoms with E-state index in [0.717, 1.165) is 6.07 Å². The SMILES string of the molecule is CC(C)(C)OC(=O)N(Cc1cnc([C@H]2C[C@@H]2C(=O)O)cn1)Cc1cc(Br)c(F)cc1F. The van der Waals surface area contributed by atoms with Crippen molar-refractivity contribution in [1.29, 1.82) is 0 Å². The topological polar surface area (TPSA) is 92.6 Å². The molecule has 1 aromatic carbocycles. The molecule has 1 amide bonds. The molecule has 1 fully saturated rings. The normalized spacial score (nSPS) is 17.9. The number of aliphatic carboxylic acids is 1. The van der Waals surface area contributed by atoms with Crippen molar-refractivity contribution < 1.29 is 28.2 Å². The van der Waals surface area contributed by atoms with Crippen LogP contribution in [0.1, 0.15) is 50.1 Å². The molecular formula is C21H22BrF2N3O4. The van der Waals surface area contributed by atoms with Gasteiger partial charge >= 0.3 is 12.1 Å². The Kier molecular flexibility index (Phi) is 6.59. The lowest BCUT2D eigenvalue weighted by molar-refractivity contribution is -0.138. The summed E-state index contributed by atoms with van der Waals surface area (Å²) in [6.07, 6.45) is 2.78. The zero-order valence-electron chi connectivity index (χ0n) is 17.2. The van der Waals surface area contributed by atoms with Crippen molar-refractivity contribution in [2.45, 2.75) is 51.8 Å². The second-order valence-corrected chi connectivity index (χ2v) is 9.27. The van der Waals surface area contributed by atoms with Crippen molar-refractivity contribution in [1.82, 2.24) is 14.9 Å². The smallest absolute Gasteiger partial charge is 0.410 e. The summed E-state index contributed by atoms with van der Waals surface area (Å²) in [6, 6.07) is 2.02. The van der Waals surface area contributed by atoms with Crippen molar-refractivity contribution in [2.24, 2.45) is 5.92 Å². The summed E-state index contributed by atoms with van der Waals surface area (Å²) < 4.78 is 33.3. The second kappa shape index (κ2) is 8.86. The lowest BCUT2D eigenvalue weighted by atomic mass is 10.2. The lowest BCUT2D eigenvalue weighted by Crippen LogP contribution is -2.36. The van der Waals surface area contributed by atoms with E-state index in [1.807, 2.05) is 0 Å². The molecule has 1 aliphatic rings. The summed E-state index contributed by atoms with van der Waals surface area (Å²) in [6.45, 7) is 4.93. The highest BCUT2D eigenvalue weighted by atomic mass is 79.9. The van der Waals surface area contributed by atoms with Crippen LogP contribution in [0.3, 0.4) is 0 Å². The van der Waals surface area contributed by atoms with E-state index in [9.17, 15) is 18.4 Å². The number of carbonyl (C=O) groups excluding carboxylic acids is 1. The van der Waals surface area contributed by atoms with E-state index in [0.29, 0.717) is 17.8 Å². The molecule has 166 valence electrons. The number of hydrogen-bond acceptors (Lipinski definition) is 5. The highest BCUT2D eigenvalue weighted by Gasteiger charge is 2.45. The maximum Gasteiger partial charge on any atom is 0.410 e. The Morgan fingerprint density at radius 2 is 1.90 bits per heavy atom. The Bertz CT molecular complexity index is 995. The largest absolute Gasteiger partial charge is 0.481 e. The molecule has 0 bridgehead atoms. The Morgan fingerprint density at radius 3 is 2.45 bits per heavy atom. The van der Waals surface area contributed by atoms with Crippen LogP contribution in [0, 0.1) is 17.6 Å². The van der Waals surface area contributed by atoms with Gasteiger partial charge in [0.2, 0.25) is 0 Å². The minimum absolute atomic E-state index is 0.0242. The summed E-state index contributed by atoms with van der Waals surface area (Å²) in [5, 5.41) is 9.05. The van der Waals surface area contributed by atoms with Gasteiger partial charge in [-0.3, -0.25) is 19.7 Å². The van der Waals surface area contributed by atoms with Crippen LogP contribution in [0.5, 0.6) is 0 Å². The number of carbonyl (C=O) groups is 2. The number of amides is 1. The monoisotopic (exact) mass is 497 g/mol. The first-order chi connectivity index (χ1) is 14.4. The first kappa shape index (κ1) is 23.1. The fourth-order valence-corrected chi connectivity index (χ4v) is 3.42. The molecule has 31 heavy (non-hydrogen) atoms. The van der Waals surface area contributed by atoms with Crippen molar-refractivity contribution in [2.75, 3.05) is 0 Å². The minimum Gasteiger partial charge on any atom is -0.481 e. The first-order valence-electron chi connectivity index (χ1n) is 9.59. The molecular weight excluding hydrogens is 476 g/mol. The van der Waals surface area contributed by atoms with Gasteiger partial charge in [0.1, 0.15) is 17.2 Å². The number of ether oxygens (including phenoxy) is 1. The third-order valence-corrected chi connectivity index (χ3v) is 5.28. The quantitative estimate of drug-likeness (QED) is 0.584. The Labute approximate surface area is 186 Å². The number of nitrogens with zero attached hydrogens (tertiary/aromatic N) is 3. The molecule has 10 heteroatoms. The summed E-state index contributed by atoms with van der Waals surface area (Å²) >= 11 is 3.02. The number of rotatable bonds is 6. The summed E-state index contributed by atoms with van der Waals surface area (Å²) in [7, 11) is 0. The molecule has 1 heterocycles. The standard InChI is InChI=1S/C21H22BrF2N3O4/c1-21(2,3)31-20(30)27(9-11-4-15(22)17(24)6-16(11)23)10-12-7-26-18(8-25-12)13-5-14(13)19(28)29/h4,6-8,13-14H,5,9-10H2,1-3H3,(H,28,29)/t13-,14-/m0/s1. The summed E-state index contributed by atoms with van der Waals surface area (Å²) in [5.41, 5.74) is 0.327. The van der Waals surface area contributed by atoms with Gasteiger partial charge in [0.15, 0.2) is 0 Å². The zero-order valence-corrected chi connectivity index (χ0v) is 18.8. The average Bonchev–Trinajstić information content (AvgIpc) is 3.46. The van der Waals surface area contributed by atoms with Crippen LogP contribution in [0.25, 0.3) is 0 Å². The van der Waals surface area contributed by atoms with Gasteiger partial charge in [0.25, 0.3) is 0 Å². The molecule has 7 nitrogen and oxygen atoms in total. The van der Waals surface area contributed by atoms with Crippen molar-refractivity contribution in [3.63, 3.8) is 0 Å². The highest BCUT2D eigenvalue weighted by Crippen LogP contribution is 2.46. The molecule has 1 N–H and O–H groups in total. The van der Waals surface area contributed by atoms with E-state index in [-0.39, 0.29) is 29.0 Å². The minimum atomic E-state index is -0.862. The summed E-state index contributed by atoms with van der Waals surface area (Å²) in [5.74, 6) is -3.00. The lowest BCUT2D eigenvalue weighted by Gasteiger charge is -2.27. The van der Waals surface area contributed by atoms with Crippen LogP contribution in [-0.2, 0) is 22.6 Å². The Morgan fingerprint density at radius 1 is 1.19 bits per heavy atom. The van der Waals surface area contributed by atoms with Gasteiger partial charge in [0, 0.05) is 23.7 Å². The fraction of sp³-hybridized carbons (Fsp3) is 0.429. The Hall–Kier alpha value is -2.62. The molecule has 0 unspecified atom stereocenters. The van der Waals surface area contributed by atoms with Crippen LogP contribution >= 0.6 is 15.9 Å². The molecule has 1 aliphatic carbocycles. The van der Waals surface area contributed by atoms with Gasteiger partial charge in [-0.15, -0.1) is 0 Å². The number of hydrogen-bond donors (Lipinski definition) is 1. The zero-order chi connectivity index (χ0) is 22.9. The Balaban J connectivity index is 1.79. The van der Waals surface area contributed by atoms with E-state index >= 15 is 0 Å². The van der Waals surface area contributed by atoms with Crippen LogP contribution in [-0.4, -0.2) is 37.6 Å². The number of halogens is 3. The first-order valence-corrected chi connectivity index (χ1v) is 10.4. The maximum absolute atomic E-state index is 14.3. The van der Waals surface area contributed by atoms with E-state index in [1.54, 1.807) is 20.8 Å². The third-order valence-electron chi connectivity index (χ3n) is 4.67.